The Morgan fingerprint density at radius 1 is 1.08 bits per heavy atom. The van der Waals surface area contributed by atoms with Gasteiger partial charge in [0.2, 0.25) is 0 Å². The van der Waals surface area contributed by atoms with E-state index in [2.05, 4.69) is 10.6 Å². The quantitative estimate of drug-likeness (QED) is 0.766. The molecule has 0 aliphatic heterocycles. The van der Waals surface area contributed by atoms with Crippen molar-refractivity contribution in [3.8, 4) is 0 Å². The molecule has 0 bridgehead atoms. The van der Waals surface area contributed by atoms with Gasteiger partial charge in [-0.25, -0.2) is 4.79 Å². The minimum absolute atomic E-state index is 0.150. The number of primary amides is 1. The van der Waals surface area contributed by atoms with E-state index >= 15 is 0 Å². The molecule has 0 heterocycles. The number of amides is 3. The molecule has 0 saturated heterocycles. The summed E-state index contributed by atoms with van der Waals surface area (Å²) >= 11 is 5.92. The third-order valence-electron chi connectivity index (χ3n) is 3.57. The van der Waals surface area contributed by atoms with Gasteiger partial charge in [0.1, 0.15) is 0 Å². The second kappa shape index (κ2) is 7.84. The van der Waals surface area contributed by atoms with E-state index in [0.717, 1.165) is 5.56 Å². The predicted molar refractivity (Wildman–Crippen MR) is 96.1 cm³/mol. The average Bonchev–Trinajstić information content (AvgIpc) is 2.53. The highest BCUT2D eigenvalue weighted by atomic mass is 35.5. The lowest BCUT2D eigenvalue weighted by atomic mass is 9.95. The first-order chi connectivity index (χ1) is 11.4. The van der Waals surface area contributed by atoms with Gasteiger partial charge in [0.15, 0.2) is 0 Å². The van der Waals surface area contributed by atoms with Crippen molar-refractivity contribution in [1.29, 1.82) is 0 Å². The molecule has 2 aromatic carbocycles. The van der Waals surface area contributed by atoms with E-state index in [1.165, 1.54) is 0 Å². The lowest BCUT2D eigenvalue weighted by Crippen LogP contribution is -2.31. The van der Waals surface area contributed by atoms with Crippen LogP contribution in [0.15, 0.2) is 48.5 Å². The van der Waals surface area contributed by atoms with Crippen LogP contribution in [0.1, 0.15) is 35.8 Å². The maximum atomic E-state index is 12.6. The Morgan fingerprint density at radius 2 is 1.75 bits per heavy atom. The molecule has 0 saturated carbocycles. The van der Waals surface area contributed by atoms with Crippen molar-refractivity contribution >= 4 is 29.2 Å². The summed E-state index contributed by atoms with van der Waals surface area (Å²) in [6.45, 7) is 4.06. The molecule has 0 aliphatic carbocycles. The van der Waals surface area contributed by atoms with Crippen LogP contribution in [0.25, 0.3) is 0 Å². The van der Waals surface area contributed by atoms with E-state index in [1.54, 1.807) is 36.4 Å². The number of benzene rings is 2. The average molecular weight is 346 g/mol. The fraction of sp³-hybridized carbons (Fsp3) is 0.222. The number of nitrogens with two attached hydrogens (primary N) is 1. The van der Waals surface area contributed by atoms with Gasteiger partial charge in [0.05, 0.1) is 6.04 Å². The second-order valence-electron chi connectivity index (χ2n) is 5.82. The van der Waals surface area contributed by atoms with Crippen molar-refractivity contribution < 1.29 is 9.59 Å². The summed E-state index contributed by atoms with van der Waals surface area (Å²) in [6, 6.07) is 13.2. The van der Waals surface area contributed by atoms with E-state index in [0.29, 0.717) is 16.3 Å². The number of rotatable bonds is 5. The SMILES string of the molecule is CC(C)[C@H](NC(=O)c1cccc(NC(N)=O)c1)c1ccc(Cl)cc1. The molecule has 1 atom stereocenters. The number of hydrogen-bond donors (Lipinski definition) is 3. The summed E-state index contributed by atoms with van der Waals surface area (Å²) in [4.78, 5) is 23.5. The first-order valence-electron chi connectivity index (χ1n) is 7.59. The van der Waals surface area contributed by atoms with Crippen LogP contribution in [-0.4, -0.2) is 11.9 Å². The zero-order valence-electron chi connectivity index (χ0n) is 13.5. The molecule has 0 fully saturated rings. The van der Waals surface area contributed by atoms with Crippen molar-refractivity contribution in [3.63, 3.8) is 0 Å². The minimum Gasteiger partial charge on any atom is -0.351 e. The number of carbonyl (C=O) groups excluding carboxylic acids is 2. The van der Waals surface area contributed by atoms with Gasteiger partial charge in [-0.05, 0) is 41.8 Å². The molecule has 5 nitrogen and oxygen atoms in total. The Balaban J connectivity index is 2.19. The summed E-state index contributed by atoms with van der Waals surface area (Å²) in [6.07, 6.45) is 0. The fourth-order valence-electron chi connectivity index (χ4n) is 2.41. The van der Waals surface area contributed by atoms with Gasteiger partial charge in [-0.2, -0.15) is 0 Å². The Bertz CT molecular complexity index is 729. The summed E-state index contributed by atoms with van der Waals surface area (Å²) in [7, 11) is 0. The van der Waals surface area contributed by atoms with E-state index in [4.69, 9.17) is 17.3 Å². The Kier molecular flexibility index (Phi) is 5.82. The van der Waals surface area contributed by atoms with Crippen LogP contribution < -0.4 is 16.4 Å². The zero-order chi connectivity index (χ0) is 17.7. The van der Waals surface area contributed by atoms with Gasteiger partial charge in [-0.15, -0.1) is 0 Å². The molecule has 2 rings (SSSR count). The number of carbonyl (C=O) groups is 2. The highest BCUT2D eigenvalue weighted by molar-refractivity contribution is 6.30. The van der Waals surface area contributed by atoms with Crippen LogP contribution in [0, 0.1) is 5.92 Å². The number of hydrogen-bond acceptors (Lipinski definition) is 2. The van der Waals surface area contributed by atoms with Crippen LogP contribution in [0.3, 0.4) is 0 Å². The van der Waals surface area contributed by atoms with Crippen molar-refractivity contribution in [2.24, 2.45) is 11.7 Å². The van der Waals surface area contributed by atoms with Gasteiger partial charge >= 0.3 is 6.03 Å². The monoisotopic (exact) mass is 345 g/mol. The molecule has 3 amide bonds. The van der Waals surface area contributed by atoms with Crippen LogP contribution >= 0.6 is 11.6 Å². The second-order valence-corrected chi connectivity index (χ2v) is 6.25. The Labute approximate surface area is 146 Å². The third-order valence-corrected chi connectivity index (χ3v) is 3.83. The molecule has 126 valence electrons. The van der Waals surface area contributed by atoms with Gasteiger partial charge in [0, 0.05) is 16.3 Å². The summed E-state index contributed by atoms with van der Waals surface area (Å²) < 4.78 is 0. The normalized spacial score (nSPS) is 11.8. The fourth-order valence-corrected chi connectivity index (χ4v) is 2.54. The van der Waals surface area contributed by atoms with E-state index in [9.17, 15) is 9.59 Å². The van der Waals surface area contributed by atoms with Crippen LogP contribution in [0.2, 0.25) is 5.02 Å². The molecule has 0 spiro atoms. The first kappa shape index (κ1) is 17.8. The predicted octanol–water partition coefficient (Wildman–Crippen LogP) is 3.96. The highest BCUT2D eigenvalue weighted by Gasteiger charge is 2.19. The van der Waals surface area contributed by atoms with Crippen molar-refractivity contribution in [2.45, 2.75) is 19.9 Å². The molecule has 24 heavy (non-hydrogen) atoms. The maximum absolute atomic E-state index is 12.6. The minimum atomic E-state index is -0.672. The number of anilines is 1. The molecule has 0 unspecified atom stereocenters. The molecule has 6 heteroatoms. The largest absolute Gasteiger partial charge is 0.351 e. The maximum Gasteiger partial charge on any atom is 0.316 e. The third kappa shape index (κ3) is 4.73. The molecule has 0 aromatic heterocycles. The van der Waals surface area contributed by atoms with Crippen molar-refractivity contribution in [3.05, 3.63) is 64.7 Å². The lowest BCUT2D eigenvalue weighted by molar-refractivity contribution is 0.0925. The van der Waals surface area contributed by atoms with E-state index in [1.807, 2.05) is 26.0 Å². The molecular formula is C18H20ClN3O2. The van der Waals surface area contributed by atoms with Gasteiger partial charge < -0.3 is 16.4 Å². The summed E-state index contributed by atoms with van der Waals surface area (Å²) in [5.74, 6) is -0.0289. The Hall–Kier alpha value is -2.53. The molecule has 0 aliphatic rings. The van der Waals surface area contributed by atoms with Crippen LogP contribution in [0.4, 0.5) is 10.5 Å². The highest BCUT2D eigenvalue weighted by Crippen LogP contribution is 2.24. The molecule has 4 N–H and O–H groups in total. The standard InChI is InChI=1S/C18H20ClN3O2/c1-11(2)16(12-6-8-14(19)9-7-12)22-17(23)13-4-3-5-15(10-13)21-18(20)24/h3-11,16H,1-2H3,(H,22,23)(H3,20,21,24)/t16-/m0/s1. The van der Waals surface area contributed by atoms with Crippen LogP contribution in [0.5, 0.6) is 0 Å². The molecular weight excluding hydrogens is 326 g/mol. The number of urea groups is 1. The lowest BCUT2D eigenvalue weighted by Gasteiger charge is -2.23. The molecule has 2 aromatic rings. The topological polar surface area (TPSA) is 84.2 Å². The van der Waals surface area contributed by atoms with E-state index in [-0.39, 0.29) is 17.9 Å². The van der Waals surface area contributed by atoms with Gasteiger partial charge in [-0.3, -0.25) is 4.79 Å². The zero-order valence-corrected chi connectivity index (χ0v) is 14.3. The number of nitrogens with one attached hydrogen (secondary N) is 2. The van der Waals surface area contributed by atoms with Gasteiger partial charge in [-0.1, -0.05) is 43.6 Å². The summed E-state index contributed by atoms with van der Waals surface area (Å²) in [5, 5.41) is 6.13. The van der Waals surface area contributed by atoms with Crippen molar-refractivity contribution in [2.75, 3.05) is 5.32 Å². The number of halogens is 1. The van der Waals surface area contributed by atoms with Gasteiger partial charge in [0.25, 0.3) is 5.91 Å². The van der Waals surface area contributed by atoms with Crippen molar-refractivity contribution in [1.82, 2.24) is 5.32 Å². The van der Waals surface area contributed by atoms with Crippen LogP contribution in [-0.2, 0) is 0 Å². The first-order valence-corrected chi connectivity index (χ1v) is 7.97. The smallest absolute Gasteiger partial charge is 0.316 e. The Morgan fingerprint density at radius 3 is 2.33 bits per heavy atom. The van der Waals surface area contributed by atoms with E-state index < -0.39 is 6.03 Å². The summed E-state index contributed by atoms with van der Waals surface area (Å²) in [5.41, 5.74) is 7.00. The molecule has 0 radical (unpaired) electrons.